The maximum atomic E-state index is 2.57. The molecule has 1 heteroatoms. The Hall–Kier alpha value is -1.46. The van der Waals surface area contributed by atoms with E-state index in [4.69, 9.17) is 0 Å². The molecule has 3 aromatic carbocycles. The number of hydrogen-bond donors (Lipinski definition) is 0. The predicted molar refractivity (Wildman–Crippen MR) is 116 cm³/mol. The van der Waals surface area contributed by atoms with Crippen molar-refractivity contribution in [3.05, 3.63) is 77.4 Å². The number of fused-ring (bicyclic) bond motifs is 2. The zero-order valence-electron chi connectivity index (χ0n) is 16.7. The monoisotopic (exact) mass is 441 g/mol. The van der Waals surface area contributed by atoms with Crippen LogP contribution >= 0.6 is 0 Å². The summed E-state index contributed by atoms with van der Waals surface area (Å²) in [5, 5.41) is 2.69. The zero-order chi connectivity index (χ0) is 19.1. The molecule has 1 fully saturated rings. The van der Waals surface area contributed by atoms with Crippen LogP contribution in [-0.4, -0.2) is 0 Å². The van der Waals surface area contributed by atoms with Crippen LogP contribution in [0.3, 0.4) is 0 Å². The molecule has 0 heterocycles. The molecule has 2 aliphatic carbocycles. The van der Waals surface area contributed by atoms with Crippen molar-refractivity contribution in [1.29, 1.82) is 0 Å². The first kappa shape index (κ1) is 18.6. The van der Waals surface area contributed by atoms with Crippen molar-refractivity contribution in [2.24, 2.45) is 5.41 Å². The molecule has 0 aromatic heterocycles. The Balaban J connectivity index is 1.60. The zero-order valence-corrected chi connectivity index (χ0v) is 19.1. The van der Waals surface area contributed by atoms with E-state index in [1.54, 1.807) is 35.9 Å². The summed E-state index contributed by atoms with van der Waals surface area (Å²) in [6.45, 7) is 2.41. The van der Waals surface area contributed by atoms with Crippen LogP contribution in [0.4, 0.5) is 0 Å². The first-order valence-corrected chi connectivity index (χ1v) is 12.2. The SMILES string of the molecule is CCC1(CC2=Cc3c(-c4cccc5ccccc45)cccc3[CH]2[Zr])CCCC1. The maximum absolute atomic E-state index is 2.57. The van der Waals surface area contributed by atoms with Gasteiger partial charge in [-0.1, -0.05) is 0 Å². The van der Waals surface area contributed by atoms with Gasteiger partial charge in [0.2, 0.25) is 0 Å². The average molecular weight is 443 g/mol. The van der Waals surface area contributed by atoms with Gasteiger partial charge in [0.1, 0.15) is 0 Å². The van der Waals surface area contributed by atoms with Crippen LogP contribution in [0.2, 0.25) is 0 Å². The Labute approximate surface area is 183 Å². The average Bonchev–Trinajstić information content (AvgIpc) is 3.33. The molecule has 0 spiro atoms. The van der Waals surface area contributed by atoms with Crippen LogP contribution in [0.15, 0.2) is 66.2 Å². The standard InChI is InChI=1S/C27H27.Zr/c1-2-27(15-5-6-16-27)19-20-17-22-11-8-14-25(26(22)18-20)24-13-7-10-21-9-3-4-12-23(21)24;/h3-4,7-14,17-18H,2,5-6,15-16,19H2,1H3;. The summed E-state index contributed by atoms with van der Waals surface area (Å²) in [5.74, 6) is 0. The van der Waals surface area contributed by atoms with Crippen molar-refractivity contribution in [3.8, 4) is 11.1 Å². The Bertz CT molecular complexity index is 1050. The minimum absolute atomic E-state index is 0.572. The fraction of sp³-hybridized carbons (Fsp3) is 0.333. The van der Waals surface area contributed by atoms with Crippen molar-refractivity contribution in [2.75, 3.05) is 0 Å². The number of rotatable bonds is 4. The molecule has 0 N–H and O–H groups in total. The van der Waals surface area contributed by atoms with Crippen LogP contribution in [0.1, 0.15) is 60.2 Å². The predicted octanol–water partition coefficient (Wildman–Crippen LogP) is 7.85. The molecule has 3 aromatic rings. The van der Waals surface area contributed by atoms with E-state index >= 15 is 0 Å². The molecule has 139 valence electrons. The second-order valence-electron chi connectivity index (χ2n) is 8.72. The molecular formula is C27H27Zr. The van der Waals surface area contributed by atoms with E-state index < -0.39 is 0 Å². The molecule has 0 nitrogen and oxygen atoms in total. The van der Waals surface area contributed by atoms with Crippen LogP contribution in [-0.2, 0) is 24.7 Å². The van der Waals surface area contributed by atoms with Gasteiger partial charge in [0, 0.05) is 0 Å². The number of benzene rings is 3. The van der Waals surface area contributed by atoms with Crippen LogP contribution in [0.5, 0.6) is 0 Å². The van der Waals surface area contributed by atoms with Gasteiger partial charge in [0.05, 0.1) is 0 Å². The molecule has 1 unspecified atom stereocenters. The van der Waals surface area contributed by atoms with Crippen molar-refractivity contribution < 1.29 is 24.7 Å². The van der Waals surface area contributed by atoms with E-state index in [0.29, 0.717) is 9.04 Å². The molecule has 5 rings (SSSR count). The molecule has 0 saturated heterocycles. The Morgan fingerprint density at radius 1 is 0.893 bits per heavy atom. The summed E-state index contributed by atoms with van der Waals surface area (Å²) in [7, 11) is 0. The van der Waals surface area contributed by atoms with Gasteiger partial charge in [-0.15, -0.1) is 0 Å². The van der Waals surface area contributed by atoms with Crippen molar-refractivity contribution >= 4 is 16.8 Å². The quantitative estimate of drug-likeness (QED) is 0.386. The van der Waals surface area contributed by atoms with Gasteiger partial charge in [-0.2, -0.15) is 0 Å². The molecule has 1 saturated carbocycles. The van der Waals surface area contributed by atoms with Gasteiger partial charge >= 0.3 is 185 Å². The molecule has 0 radical (unpaired) electrons. The van der Waals surface area contributed by atoms with Gasteiger partial charge in [-0.05, 0) is 0 Å². The van der Waals surface area contributed by atoms with Gasteiger partial charge in [0.25, 0.3) is 0 Å². The summed E-state index contributed by atoms with van der Waals surface area (Å²) in [6.07, 6.45) is 10.9. The van der Waals surface area contributed by atoms with E-state index in [0.717, 1.165) is 0 Å². The van der Waals surface area contributed by atoms with Crippen molar-refractivity contribution in [2.45, 2.75) is 49.1 Å². The third kappa shape index (κ3) is 3.07. The van der Waals surface area contributed by atoms with Gasteiger partial charge < -0.3 is 0 Å². The Morgan fingerprint density at radius 3 is 2.43 bits per heavy atom. The number of hydrogen-bond acceptors (Lipinski definition) is 0. The van der Waals surface area contributed by atoms with Gasteiger partial charge in [-0.25, -0.2) is 0 Å². The number of allylic oxidation sites excluding steroid dienone is 1. The molecular weight excluding hydrogens is 416 g/mol. The topological polar surface area (TPSA) is 0 Å². The molecule has 1 atom stereocenters. The van der Waals surface area contributed by atoms with E-state index in [2.05, 4.69) is 73.7 Å². The molecule has 28 heavy (non-hydrogen) atoms. The summed E-state index contributed by atoms with van der Waals surface area (Å²) >= 11 is 1.64. The van der Waals surface area contributed by atoms with E-state index in [1.807, 2.05) is 0 Å². The summed E-state index contributed by atoms with van der Waals surface area (Å²) in [6, 6.07) is 22.5. The fourth-order valence-corrected chi connectivity index (χ4v) is 6.60. The minimum atomic E-state index is 0.572. The van der Waals surface area contributed by atoms with Crippen LogP contribution in [0, 0.1) is 5.41 Å². The second kappa shape index (κ2) is 7.42. The van der Waals surface area contributed by atoms with Gasteiger partial charge in [-0.3, -0.25) is 0 Å². The van der Waals surface area contributed by atoms with Gasteiger partial charge in [0.15, 0.2) is 0 Å². The fourth-order valence-electron chi connectivity index (χ4n) is 5.53. The first-order chi connectivity index (χ1) is 13.7. The summed E-state index contributed by atoms with van der Waals surface area (Å²) in [5.41, 5.74) is 8.10. The van der Waals surface area contributed by atoms with E-state index in [-0.39, 0.29) is 0 Å². The molecule has 0 aliphatic heterocycles. The van der Waals surface area contributed by atoms with Crippen molar-refractivity contribution in [3.63, 3.8) is 0 Å². The van der Waals surface area contributed by atoms with E-state index in [9.17, 15) is 0 Å². The second-order valence-corrected chi connectivity index (χ2v) is 10.1. The summed E-state index contributed by atoms with van der Waals surface area (Å²) in [4.78, 5) is 0. The molecule has 0 bridgehead atoms. The van der Waals surface area contributed by atoms with Crippen molar-refractivity contribution in [1.82, 2.24) is 0 Å². The summed E-state index contributed by atoms with van der Waals surface area (Å²) < 4.78 is 0.640. The third-order valence-corrected chi connectivity index (χ3v) is 8.90. The molecule has 0 amide bonds. The normalized spacial score (nSPS) is 20.3. The third-order valence-electron chi connectivity index (χ3n) is 7.22. The van der Waals surface area contributed by atoms with E-state index in [1.165, 1.54) is 66.0 Å². The Kier molecular flexibility index (Phi) is 4.92. The van der Waals surface area contributed by atoms with Crippen LogP contribution < -0.4 is 0 Å². The Morgan fingerprint density at radius 2 is 1.61 bits per heavy atom. The molecule has 2 aliphatic rings. The van der Waals surface area contributed by atoms with Crippen LogP contribution in [0.25, 0.3) is 28.0 Å². The first-order valence-electron chi connectivity index (χ1n) is 10.7.